The number of carbonyl (C=O) groups is 1. The molecule has 0 radical (unpaired) electrons. The zero-order valence-corrected chi connectivity index (χ0v) is 8.34. The molecule has 10 heteroatoms. The highest BCUT2D eigenvalue weighted by atomic mass is 19.4. The molecule has 0 amide bonds. The first-order chi connectivity index (χ1) is 8.52. The van der Waals surface area contributed by atoms with Gasteiger partial charge in [0.15, 0.2) is 17.4 Å². The smallest absolute Gasteiger partial charge is 0.440 e. The largest absolute Gasteiger partial charge is 0.469 e. The zero-order chi connectivity index (χ0) is 14.7. The molecule has 0 N–H and O–H groups in total. The van der Waals surface area contributed by atoms with Gasteiger partial charge in [0.2, 0.25) is 11.6 Å². The number of carbonyl (C=O) groups excluding carboxylic acids is 1. The third-order valence-corrected chi connectivity index (χ3v) is 2.35. The van der Waals surface area contributed by atoms with Gasteiger partial charge in [0.05, 0.1) is 0 Å². The highest BCUT2D eigenvalue weighted by Crippen LogP contribution is 2.48. The van der Waals surface area contributed by atoms with E-state index >= 15 is 0 Å². The minimum atomic E-state index is -5.98. The van der Waals surface area contributed by atoms with E-state index < -0.39 is 52.4 Å². The number of benzene rings is 1. The summed E-state index contributed by atoms with van der Waals surface area (Å²) in [5, 5.41) is 0. The van der Waals surface area contributed by atoms with Crippen LogP contribution >= 0.6 is 0 Å². The van der Waals surface area contributed by atoms with Gasteiger partial charge in [0, 0.05) is 0 Å². The van der Waals surface area contributed by atoms with Crippen LogP contribution in [-0.4, -0.2) is 17.8 Å². The summed E-state index contributed by atoms with van der Waals surface area (Å²) in [5.41, 5.74) is -1.96. The van der Waals surface area contributed by atoms with Gasteiger partial charge in [0.25, 0.3) is 5.78 Å². The summed E-state index contributed by atoms with van der Waals surface area (Å²) in [4.78, 5) is 11.1. The molecule has 1 aliphatic heterocycles. The van der Waals surface area contributed by atoms with Gasteiger partial charge in [0.1, 0.15) is 5.56 Å². The zero-order valence-electron chi connectivity index (χ0n) is 8.34. The molecular formula is C9F8O2. The number of halogens is 8. The average Bonchev–Trinajstić information content (AvgIpc) is 2.58. The van der Waals surface area contributed by atoms with Crippen molar-refractivity contribution in [2.75, 3.05) is 0 Å². The molecule has 19 heavy (non-hydrogen) atoms. The van der Waals surface area contributed by atoms with Gasteiger partial charge in [-0.25, -0.2) is 13.2 Å². The van der Waals surface area contributed by atoms with Crippen LogP contribution in [0.5, 0.6) is 5.75 Å². The topological polar surface area (TPSA) is 26.3 Å². The monoisotopic (exact) mass is 292 g/mol. The molecule has 0 aromatic heterocycles. The third-order valence-electron chi connectivity index (χ3n) is 2.35. The average molecular weight is 292 g/mol. The molecule has 0 saturated carbocycles. The molecule has 2 rings (SSSR count). The third kappa shape index (κ3) is 1.51. The van der Waals surface area contributed by atoms with Crippen LogP contribution < -0.4 is 4.74 Å². The van der Waals surface area contributed by atoms with Crippen LogP contribution in [0.4, 0.5) is 35.1 Å². The minimum Gasteiger partial charge on any atom is -0.440 e. The van der Waals surface area contributed by atoms with Crippen molar-refractivity contribution in [1.82, 2.24) is 0 Å². The predicted molar refractivity (Wildman–Crippen MR) is 41.1 cm³/mol. The van der Waals surface area contributed by atoms with Crippen molar-refractivity contribution >= 4 is 5.78 Å². The molecule has 0 fully saturated rings. The summed E-state index contributed by atoms with van der Waals surface area (Å²) in [6.45, 7) is 0. The fraction of sp³-hybridized carbons (Fsp3) is 0.222. The normalized spacial score (nSPS) is 22.4. The van der Waals surface area contributed by atoms with E-state index in [0.29, 0.717) is 0 Å². The van der Waals surface area contributed by atoms with E-state index in [4.69, 9.17) is 0 Å². The lowest BCUT2D eigenvalue weighted by atomic mass is 10.1. The molecule has 1 aliphatic rings. The Morgan fingerprint density at radius 3 is 1.84 bits per heavy atom. The minimum absolute atomic E-state index is 1.96. The summed E-state index contributed by atoms with van der Waals surface area (Å²) in [7, 11) is 0. The van der Waals surface area contributed by atoms with Crippen molar-refractivity contribution in [3.63, 3.8) is 0 Å². The molecule has 0 aliphatic carbocycles. The summed E-state index contributed by atoms with van der Waals surface area (Å²) in [5.74, 6) is -19.7. The highest BCUT2D eigenvalue weighted by Gasteiger charge is 2.70. The predicted octanol–water partition coefficient (Wildman–Crippen LogP) is 3.05. The van der Waals surface area contributed by atoms with Crippen molar-refractivity contribution in [2.45, 2.75) is 12.0 Å². The van der Waals surface area contributed by atoms with E-state index in [1.165, 1.54) is 0 Å². The maximum absolute atomic E-state index is 13.4. The van der Waals surface area contributed by atoms with Gasteiger partial charge in [-0.05, 0) is 0 Å². The van der Waals surface area contributed by atoms with E-state index in [9.17, 15) is 39.9 Å². The first kappa shape index (κ1) is 13.6. The number of ether oxygens (including phenoxy) is 1. The number of alkyl halides is 4. The molecule has 0 bridgehead atoms. The van der Waals surface area contributed by atoms with Crippen molar-refractivity contribution in [2.24, 2.45) is 0 Å². The van der Waals surface area contributed by atoms with Gasteiger partial charge in [-0.1, -0.05) is 0 Å². The van der Waals surface area contributed by atoms with E-state index in [1.54, 1.807) is 0 Å². The van der Waals surface area contributed by atoms with E-state index in [2.05, 4.69) is 4.74 Å². The highest BCUT2D eigenvalue weighted by molar-refractivity contribution is 6.07. The number of rotatable bonds is 0. The van der Waals surface area contributed by atoms with Crippen LogP contribution in [0.3, 0.4) is 0 Å². The summed E-state index contributed by atoms with van der Waals surface area (Å²) in [6.07, 6.45) is -5.98. The lowest BCUT2D eigenvalue weighted by Gasteiger charge is -2.20. The molecule has 1 aromatic rings. The van der Waals surface area contributed by atoms with Gasteiger partial charge in [-0.2, -0.15) is 22.0 Å². The molecule has 1 atom stereocenters. The summed E-state index contributed by atoms with van der Waals surface area (Å²) >= 11 is 0. The van der Waals surface area contributed by atoms with Gasteiger partial charge < -0.3 is 4.74 Å². The Kier molecular flexibility index (Phi) is 2.55. The van der Waals surface area contributed by atoms with Gasteiger partial charge in [-0.3, -0.25) is 4.79 Å². The Labute approximate surface area is 98.1 Å². The van der Waals surface area contributed by atoms with Crippen LogP contribution in [-0.2, 0) is 0 Å². The lowest BCUT2D eigenvalue weighted by Crippen LogP contribution is -2.49. The number of ketones is 1. The Balaban J connectivity index is 2.76. The SMILES string of the molecule is O=C1c2c(F)c(F)c(F)c(F)c2OC1(F)C(F)(F)F. The van der Waals surface area contributed by atoms with Gasteiger partial charge >= 0.3 is 12.0 Å². The number of hydrogen-bond donors (Lipinski definition) is 0. The van der Waals surface area contributed by atoms with Crippen LogP contribution in [0, 0.1) is 23.3 Å². The second kappa shape index (κ2) is 3.58. The number of fused-ring (bicyclic) bond motifs is 1. The summed E-state index contributed by atoms with van der Waals surface area (Å²) < 4.78 is 105. The second-order valence-electron chi connectivity index (χ2n) is 3.48. The summed E-state index contributed by atoms with van der Waals surface area (Å²) in [6, 6.07) is 0. The first-order valence-corrected chi connectivity index (χ1v) is 4.37. The fourth-order valence-electron chi connectivity index (χ4n) is 1.44. The molecule has 2 nitrogen and oxygen atoms in total. The molecule has 0 spiro atoms. The van der Waals surface area contributed by atoms with Crippen molar-refractivity contribution in [3.05, 3.63) is 28.8 Å². The molecule has 1 heterocycles. The van der Waals surface area contributed by atoms with Crippen LogP contribution in [0.15, 0.2) is 0 Å². The van der Waals surface area contributed by atoms with E-state index in [1.807, 2.05) is 0 Å². The lowest BCUT2D eigenvalue weighted by molar-refractivity contribution is -0.271. The van der Waals surface area contributed by atoms with E-state index in [-0.39, 0.29) is 0 Å². The maximum Gasteiger partial charge on any atom is 0.469 e. The van der Waals surface area contributed by atoms with Crippen molar-refractivity contribution < 1.29 is 44.7 Å². The van der Waals surface area contributed by atoms with Crippen molar-refractivity contribution in [1.29, 1.82) is 0 Å². The molecule has 1 unspecified atom stereocenters. The van der Waals surface area contributed by atoms with Crippen LogP contribution in [0.1, 0.15) is 10.4 Å². The number of Topliss-reactive ketones (excluding diaryl/α,β-unsaturated/α-hetero) is 1. The molecule has 104 valence electrons. The van der Waals surface area contributed by atoms with Crippen LogP contribution in [0.2, 0.25) is 0 Å². The Morgan fingerprint density at radius 1 is 0.895 bits per heavy atom. The fourth-order valence-corrected chi connectivity index (χ4v) is 1.44. The van der Waals surface area contributed by atoms with Crippen molar-refractivity contribution in [3.8, 4) is 5.75 Å². The number of hydrogen-bond acceptors (Lipinski definition) is 2. The second-order valence-corrected chi connectivity index (χ2v) is 3.48. The standard InChI is InChI=1S/C9F8O2/c10-2-1-6(5(13)4(12)3(2)11)19-8(14,7(1)18)9(15,16)17. The van der Waals surface area contributed by atoms with Crippen LogP contribution in [0.25, 0.3) is 0 Å². The Bertz CT molecular complexity index is 593. The quantitative estimate of drug-likeness (QED) is 0.417. The van der Waals surface area contributed by atoms with E-state index in [0.717, 1.165) is 0 Å². The molecular weight excluding hydrogens is 292 g/mol. The Hall–Kier alpha value is -1.87. The molecule has 1 aromatic carbocycles. The molecule has 0 saturated heterocycles. The maximum atomic E-state index is 13.4. The van der Waals surface area contributed by atoms with Gasteiger partial charge in [-0.15, -0.1) is 0 Å². The first-order valence-electron chi connectivity index (χ1n) is 4.37. The Morgan fingerprint density at radius 2 is 1.37 bits per heavy atom.